The molecule has 26 heavy (non-hydrogen) atoms. The number of carbonyl (C=O) groups is 2. The van der Waals surface area contributed by atoms with Gasteiger partial charge in [-0.25, -0.2) is 0 Å². The molecule has 1 aromatic carbocycles. The summed E-state index contributed by atoms with van der Waals surface area (Å²) < 4.78 is 11.2. The van der Waals surface area contributed by atoms with Crippen LogP contribution < -0.4 is 14.8 Å². The van der Waals surface area contributed by atoms with Crippen molar-refractivity contribution in [2.24, 2.45) is 0 Å². The molecule has 2 rings (SSSR count). The van der Waals surface area contributed by atoms with Crippen LogP contribution >= 0.6 is 0 Å². The van der Waals surface area contributed by atoms with Crippen LogP contribution in [0.1, 0.15) is 32.6 Å². The Morgan fingerprint density at radius 1 is 1.31 bits per heavy atom. The van der Waals surface area contributed by atoms with Gasteiger partial charge in [0.25, 0.3) is 0 Å². The average Bonchev–Trinajstić information content (AvgIpc) is 2.64. The van der Waals surface area contributed by atoms with Crippen LogP contribution in [0.4, 0.5) is 0 Å². The Balaban J connectivity index is 1.71. The highest BCUT2D eigenvalue weighted by Gasteiger charge is 2.29. The molecule has 7 nitrogen and oxygen atoms in total. The summed E-state index contributed by atoms with van der Waals surface area (Å²) in [7, 11) is 0. The number of benzene rings is 1. The lowest BCUT2D eigenvalue weighted by Crippen LogP contribution is -2.52. The Labute approximate surface area is 154 Å². The van der Waals surface area contributed by atoms with Gasteiger partial charge in [-0.3, -0.25) is 9.59 Å². The number of carbonyl (C=O) groups excluding carboxylic acids is 2. The Hall–Kier alpha value is -2.28. The molecule has 144 valence electrons. The number of nitrogens with zero attached hydrogens (tertiary/aromatic N) is 1. The lowest BCUT2D eigenvalue weighted by molar-refractivity contribution is -0.139. The average molecular weight is 364 g/mol. The van der Waals surface area contributed by atoms with E-state index in [0.717, 1.165) is 6.42 Å². The molecule has 2 N–H and O–H groups in total. The van der Waals surface area contributed by atoms with E-state index < -0.39 is 6.04 Å². The second-order valence-electron chi connectivity index (χ2n) is 6.14. The molecule has 1 saturated heterocycles. The zero-order chi connectivity index (χ0) is 18.8. The zero-order valence-corrected chi connectivity index (χ0v) is 15.3. The fourth-order valence-corrected chi connectivity index (χ4v) is 2.94. The fourth-order valence-electron chi connectivity index (χ4n) is 2.94. The number of piperidine rings is 1. The summed E-state index contributed by atoms with van der Waals surface area (Å²) in [5.74, 6) is 1.09. The molecule has 1 aromatic rings. The van der Waals surface area contributed by atoms with Crippen molar-refractivity contribution >= 4 is 11.8 Å². The van der Waals surface area contributed by atoms with Gasteiger partial charge in [0.1, 0.15) is 6.04 Å². The second-order valence-corrected chi connectivity index (χ2v) is 6.14. The fraction of sp³-hybridized carbons (Fsp3) is 0.579. The molecular weight excluding hydrogens is 336 g/mol. The van der Waals surface area contributed by atoms with Crippen LogP contribution in [-0.4, -0.2) is 60.8 Å². The minimum atomic E-state index is -0.484. The van der Waals surface area contributed by atoms with E-state index in [1.807, 2.05) is 31.2 Å². The van der Waals surface area contributed by atoms with Gasteiger partial charge in [0, 0.05) is 19.5 Å². The minimum absolute atomic E-state index is 0.0625. The highest BCUT2D eigenvalue weighted by Crippen LogP contribution is 2.26. The SMILES string of the molecule is CCOc1ccccc1OCCCC(=O)N[C@@H]1CCCN(CCO)C1=O. The third-order valence-electron chi connectivity index (χ3n) is 4.19. The summed E-state index contributed by atoms with van der Waals surface area (Å²) >= 11 is 0. The van der Waals surface area contributed by atoms with Gasteiger partial charge in [-0.1, -0.05) is 12.1 Å². The van der Waals surface area contributed by atoms with Crippen LogP contribution in [0.25, 0.3) is 0 Å². The van der Waals surface area contributed by atoms with Crippen LogP contribution in [0.15, 0.2) is 24.3 Å². The molecule has 1 heterocycles. The largest absolute Gasteiger partial charge is 0.490 e. The number of rotatable bonds is 10. The first-order valence-corrected chi connectivity index (χ1v) is 9.19. The maximum atomic E-state index is 12.2. The molecule has 1 aliphatic rings. The molecule has 7 heteroatoms. The Morgan fingerprint density at radius 2 is 2.04 bits per heavy atom. The minimum Gasteiger partial charge on any atom is -0.490 e. The molecule has 2 amide bonds. The van der Waals surface area contributed by atoms with Gasteiger partial charge in [0.2, 0.25) is 11.8 Å². The molecule has 0 radical (unpaired) electrons. The number of β-amino-alcohol motifs (C(OH)–C–C–N with tert-alkyl or cyclic N) is 1. The van der Waals surface area contributed by atoms with Crippen molar-refractivity contribution in [3.8, 4) is 11.5 Å². The van der Waals surface area contributed by atoms with Crippen molar-refractivity contribution in [1.29, 1.82) is 0 Å². The highest BCUT2D eigenvalue weighted by atomic mass is 16.5. The number of aliphatic hydroxyl groups is 1. The summed E-state index contributed by atoms with van der Waals surface area (Å²) in [5.41, 5.74) is 0. The summed E-state index contributed by atoms with van der Waals surface area (Å²) in [6.07, 6.45) is 2.31. The van der Waals surface area contributed by atoms with E-state index in [9.17, 15) is 9.59 Å². The highest BCUT2D eigenvalue weighted by molar-refractivity contribution is 5.88. The van der Waals surface area contributed by atoms with E-state index in [4.69, 9.17) is 14.6 Å². The normalized spacial score (nSPS) is 17.1. The van der Waals surface area contributed by atoms with E-state index in [1.165, 1.54) is 0 Å². The predicted octanol–water partition coefficient (Wildman–Crippen LogP) is 1.34. The number of para-hydroxylation sites is 2. The van der Waals surface area contributed by atoms with Crippen molar-refractivity contribution in [3.63, 3.8) is 0 Å². The third-order valence-corrected chi connectivity index (χ3v) is 4.19. The van der Waals surface area contributed by atoms with Crippen molar-refractivity contribution in [1.82, 2.24) is 10.2 Å². The van der Waals surface area contributed by atoms with E-state index in [0.29, 0.717) is 57.1 Å². The van der Waals surface area contributed by atoms with Gasteiger partial charge < -0.3 is 24.8 Å². The van der Waals surface area contributed by atoms with Gasteiger partial charge in [0.05, 0.1) is 19.8 Å². The maximum Gasteiger partial charge on any atom is 0.245 e. The molecule has 1 aliphatic heterocycles. The summed E-state index contributed by atoms with van der Waals surface area (Å²) in [4.78, 5) is 25.9. The number of likely N-dealkylation sites (tertiary alicyclic amines) is 1. The molecule has 1 fully saturated rings. The smallest absolute Gasteiger partial charge is 0.245 e. The third kappa shape index (κ3) is 5.91. The van der Waals surface area contributed by atoms with Crippen molar-refractivity contribution in [3.05, 3.63) is 24.3 Å². The molecular formula is C19H28N2O5. The Morgan fingerprint density at radius 3 is 2.73 bits per heavy atom. The van der Waals surface area contributed by atoms with E-state index >= 15 is 0 Å². The second kappa shape index (κ2) is 10.7. The van der Waals surface area contributed by atoms with Gasteiger partial charge >= 0.3 is 0 Å². The molecule has 1 atom stereocenters. The van der Waals surface area contributed by atoms with Crippen LogP contribution in [0, 0.1) is 0 Å². The van der Waals surface area contributed by atoms with Crippen molar-refractivity contribution in [2.75, 3.05) is 32.9 Å². The Bertz CT molecular complexity index is 591. The number of ether oxygens (including phenoxy) is 2. The van der Waals surface area contributed by atoms with Crippen LogP contribution in [0.5, 0.6) is 11.5 Å². The van der Waals surface area contributed by atoms with Gasteiger partial charge in [-0.15, -0.1) is 0 Å². The quantitative estimate of drug-likeness (QED) is 0.612. The van der Waals surface area contributed by atoms with Crippen LogP contribution in [-0.2, 0) is 9.59 Å². The monoisotopic (exact) mass is 364 g/mol. The van der Waals surface area contributed by atoms with E-state index in [-0.39, 0.29) is 18.4 Å². The van der Waals surface area contributed by atoms with Crippen molar-refractivity contribution in [2.45, 2.75) is 38.6 Å². The maximum absolute atomic E-state index is 12.2. The Kier molecular flexibility index (Phi) is 8.21. The van der Waals surface area contributed by atoms with Gasteiger partial charge in [0.15, 0.2) is 11.5 Å². The number of amides is 2. The van der Waals surface area contributed by atoms with Crippen molar-refractivity contribution < 1.29 is 24.2 Å². The van der Waals surface area contributed by atoms with Gasteiger partial charge in [-0.05, 0) is 38.3 Å². The van der Waals surface area contributed by atoms with E-state index in [2.05, 4.69) is 5.32 Å². The molecule has 0 aromatic heterocycles. The van der Waals surface area contributed by atoms with Gasteiger partial charge in [-0.2, -0.15) is 0 Å². The molecule has 0 aliphatic carbocycles. The molecule has 0 bridgehead atoms. The number of aliphatic hydroxyl groups excluding tert-OH is 1. The van der Waals surface area contributed by atoms with E-state index in [1.54, 1.807) is 4.90 Å². The summed E-state index contributed by atoms with van der Waals surface area (Å²) in [6, 6.07) is 6.95. The first kappa shape index (κ1) is 20.0. The van der Waals surface area contributed by atoms with Crippen LogP contribution in [0.2, 0.25) is 0 Å². The standard InChI is InChI=1S/C19H28N2O5/c1-2-25-16-8-3-4-9-17(16)26-14-6-10-18(23)20-15-7-5-11-21(12-13-22)19(15)24/h3-4,8-9,15,22H,2,5-7,10-14H2,1H3,(H,20,23)/t15-/m1/s1. The summed E-state index contributed by atoms with van der Waals surface area (Å²) in [6.45, 7) is 3.76. The number of hydrogen-bond acceptors (Lipinski definition) is 5. The topological polar surface area (TPSA) is 88.1 Å². The zero-order valence-electron chi connectivity index (χ0n) is 15.3. The number of hydrogen-bond donors (Lipinski definition) is 2. The summed E-state index contributed by atoms with van der Waals surface area (Å²) in [5, 5.41) is 11.8. The lowest BCUT2D eigenvalue weighted by Gasteiger charge is -2.32. The predicted molar refractivity (Wildman–Crippen MR) is 97.2 cm³/mol. The molecule has 0 saturated carbocycles. The number of nitrogens with one attached hydrogen (secondary N) is 1. The van der Waals surface area contributed by atoms with Crippen LogP contribution in [0.3, 0.4) is 0 Å². The lowest BCUT2D eigenvalue weighted by atomic mass is 10.0. The first-order chi connectivity index (χ1) is 12.7. The molecule has 0 unspecified atom stereocenters. The first-order valence-electron chi connectivity index (χ1n) is 9.19. The molecule has 0 spiro atoms.